The molecule has 2 aromatic rings. The van der Waals surface area contributed by atoms with E-state index in [1.165, 1.54) is 0 Å². The van der Waals surface area contributed by atoms with Crippen LogP contribution in [-0.2, 0) is 23.1 Å². The largest absolute Gasteiger partial charge is 0.316 e. The van der Waals surface area contributed by atoms with E-state index in [0.717, 1.165) is 17.7 Å². The lowest BCUT2D eigenvalue weighted by atomic mass is 10.2. The van der Waals surface area contributed by atoms with Crippen LogP contribution in [0.25, 0.3) is 0 Å². The first-order valence-corrected chi connectivity index (χ1v) is 7.87. The third kappa shape index (κ3) is 3.90. The average Bonchev–Trinajstić information content (AvgIpc) is 2.47. The molecule has 0 aromatic heterocycles. The lowest BCUT2D eigenvalue weighted by Gasteiger charge is -2.08. The van der Waals surface area contributed by atoms with E-state index in [4.69, 9.17) is 0 Å². The van der Waals surface area contributed by atoms with E-state index in [0.29, 0.717) is 6.54 Å². The van der Waals surface area contributed by atoms with E-state index in [1.54, 1.807) is 12.1 Å². The molecule has 0 bridgehead atoms. The summed E-state index contributed by atoms with van der Waals surface area (Å²) in [5.74, 6) is 0. The maximum Gasteiger partial charge on any atom is 0.240 e. The van der Waals surface area contributed by atoms with E-state index < -0.39 is 10.0 Å². The molecule has 0 saturated carbocycles. The van der Waals surface area contributed by atoms with Gasteiger partial charge in [-0.05, 0) is 30.3 Å². The average molecular weight is 290 g/mol. The second-order valence-electron chi connectivity index (χ2n) is 4.48. The molecule has 0 saturated heterocycles. The van der Waals surface area contributed by atoms with Gasteiger partial charge in [0.1, 0.15) is 0 Å². The van der Waals surface area contributed by atoms with Gasteiger partial charge in [-0.3, -0.25) is 0 Å². The van der Waals surface area contributed by atoms with Gasteiger partial charge in [0.05, 0.1) is 4.90 Å². The Labute approximate surface area is 119 Å². The van der Waals surface area contributed by atoms with Crippen LogP contribution in [0.2, 0.25) is 0 Å². The fourth-order valence-electron chi connectivity index (χ4n) is 1.85. The molecule has 0 fully saturated rings. The molecule has 0 aliphatic rings. The standard InChI is InChI=1S/C15H18N2O2S/c1-16-11-14-7-9-15(10-8-14)20(18,19)17-12-13-5-3-2-4-6-13/h2-10,16-17H,11-12H2,1H3. The second-order valence-corrected chi connectivity index (χ2v) is 6.25. The Morgan fingerprint density at radius 3 is 2.05 bits per heavy atom. The van der Waals surface area contributed by atoms with Gasteiger partial charge >= 0.3 is 0 Å². The van der Waals surface area contributed by atoms with Crippen LogP contribution in [-0.4, -0.2) is 15.5 Å². The number of nitrogens with one attached hydrogen (secondary N) is 2. The van der Waals surface area contributed by atoms with Crippen molar-refractivity contribution in [2.75, 3.05) is 7.05 Å². The van der Waals surface area contributed by atoms with Gasteiger partial charge in [-0.1, -0.05) is 42.5 Å². The molecule has 0 amide bonds. The Bertz CT molecular complexity index is 637. The van der Waals surface area contributed by atoms with Gasteiger partial charge in [0, 0.05) is 13.1 Å². The van der Waals surface area contributed by atoms with Crippen LogP contribution in [0.4, 0.5) is 0 Å². The van der Waals surface area contributed by atoms with Gasteiger partial charge in [0.15, 0.2) is 0 Å². The SMILES string of the molecule is CNCc1ccc(S(=O)(=O)NCc2ccccc2)cc1. The fourth-order valence-corrected chi connectivity index (χ4v) is 2.87. The van der Waals surface area contributed by atoms with Gasteiger partial charge in [-0.25, -0.2) is 13.1 Å². The maximum absolute atomic E-state index is 12.1. The summed E-state index contributed by atoms with van der Waals surface area (Å²) in [6.07, 6.45) is 0. The van der Waals surface area contributed by atoms with Gasteiger partial charge < -0.3 is 5.32 Å². The number of sulfonamides is 1. The second kappa shape index (κ2) is 6.65. The van der Waals surface area contributed by atoms with Crippen LogP contribution in [0.3, 0.4) is 0 Å². The van der Waals surface area contributed by atoms with E-state index >= 15 is 0 Å². The summed E-state index contributed by atoms with van der Waals surface area (Å²) in [6.45, 7) is 1.01. The minimum absolute atomic E-state index is 0.285. The predicted octanol–water partition coefficient (Wildman–Crippen LogP) is 1.88. The highest BCUT2D eigenvalue weighted by atomic mass is 32.2. The summed E-state index contributed by atoms with van der Waals surface area (Å²) in [5, 5.41) is 3.02. The quantitative estimate of drug-likeness (QED) is 0.854. The lowest BCUT2D eigenvalue weighted by molar-refractivity contribution is 0.581. The Kier molecular flexibility index (Phi) is 4.89. The number of benzene rings is 2. The summed E-state index contributed by atoms with van der Waals surface area (Å²) in [6, 6.07) is 16.3. The Morgan fingerprint density at radius 2 is 1.45 bits per heavy atom. The Balaban J connectivity index is 2.06. The first-order valence-electron chi connectivity index (χ1n) is 6.39. The van der Waals surface area contributed by atoms with Crippen LogP contribution in [0.1, 0.15) is 11.1 Å². The van der Waals surface area contributed by atoms with Crippen LogP contribution in [0.5, 0.6) is 0 Å². The number of hydrogen-bond donors (Lipinski definition) is 2. The van der Waals surface area contributed by atoms with Crippen LogP contribution < -0.4 is 10.0 Å². The highest BCUT2D eigenvalue weighted by Gasteiger charge is 2.13. The molecule has 0 heterocycles. The summed E-state index contributed by atoms with van der Waals surface area (Å²) in [7, 11) is -1.61. The minimum Gasteiger partial charge on any atom is -0.316 e. The summed E-state index contributed by atoms with van der Waals surface area (Å²) in [4.78, 5) is 0.285. The molecule has 4 nitrogen and oxygen atoms in total. The topological polar surface area (TPSA) is 58.2 Å². The van der Waals surface area contributed by atoms with E-state index in [1.807, 2.05) is 49.5 Å². The number of hydrogen-bond acceptors (Lipinski definition) is 3. The normalized spacial score (nSPS) is 11.4. The maximum atomic E-state index is 12.1. The third-order valence-electron chi connectivity index (χ3n) is 2.92. The Morgan fingerprint density at radius 1 is 0.850 bits per heavy atom. The van der Waals surface area contributed by atoms with Crippen molar-refractivity contribution < 1.29 is 8.42 Å². The van der Waals surface area contributed by atoms with Crippen molar-refractivity contribution in [1.82, 2.24) is 10.0 Å². The molecule has 0 aliphatic heterocycles. The zero-order valence-corrected chi connectivity index (χ0v) is 12.2. The van der Waals surface area contributed by atoms with Gasteiger partial charge in [0.25, 0.3) is 0 Å². The van der Waals surface area contributed by atoms with Gasteiger partial charge in [-0.2, -0.15) is 0 Å². The minimum atomic E-state index is -3.46. The highest BCUT2D eigenvalue weighted by Crippen LogP contribution is 2.11. The van der Waals surface area contributed by atoms with Gasteiger partial charge in [-0.15, -0.1) is 0 Å². The van der Waals surface area contributed by atoms with E-state index in [9.17, 15) is 8.42 Å². The third-order valence-corrected chi connectivity index (χ3v) is 4.34. The van der Waals surface area contributed by atoms with E-state index in [2.05, 4.69) is 10.0 Å². The predicted molar refractivity (Wildman–Crippen MR) is 79.7 cm³/mol. The molecule has 0 aliphatic carbocycles. The summed E-state index contributed by atoms with van der Waals surface area (Å²) in [5.41, 5.74) is 1.98. The first kappa shape index (κ1) is 14.7. The molecule has 20 heavy (non-hydrogen) atoms. The molecule has 2 rings (SSSR count). The molecule has 5 heteroatoms. The lowest BCUT2D eigenvalue weighted by Crippen LogP contribution is -2.23. The van der Waals surface area contributed by atoms with Gasteiger partial charge in [0.2, 0.25) is 10.0 Å². The monoisotopic (exact) mass is 290 g/mol. The molecule has 106 valence electrons. The summed E-state index contributed by atoms with van der Waals surface area (Å²) >= 11 is 0. The molecular weight excluding hydrogens is 272 g/mol. The van der Waals surface area contributed by atoms with Crippen LogP contribution >= 0.6 is 0 Å². The molecule has 0 spiro atoms. The molecule has 0 unspecified atom stereocenters. The molecule has 0 atom stereocenters. The zero-order chi connectivity index (χ0) is 14.4. The highest BCUT2D eigenvalue weighted by molar-refractivity contribution is 7.89. The van der Waals surface area contributed by atoms with Crippen molar-refractivity contribution in [3.8, 4) is 0 Å². The molecular formula is C15H18N2O2S. The van der Waals surface area contributed by atoms with Crippen molar-refractivity contribution in [1.29, 1.82) is 0 Å². The van der Waals surface area contributed by atoms with Crippen molar-refractivity contribution in [3.63, 3.8) is 0 Å². The molecule has 0 radical (unpaired) electrons. The van der Waals surface area contributed by atoms with Crippen molar-refractivity contribution in [2.45, 2.75) is 18.0 Å². The van der Waals surface area contributed by atoms with Crippen LogP contribution in [0, 0.1) is 0 Å². The molecule has 2 aromatic carbocycles. The van der Waals surface area contributed by atoms with Crippen LogP contribution in [0.15, 0.2) is 59.5 Å². The fraction of sp³-hybridized carbons (Fsp3) is 0.200. The summed E-state index contributed by atoms with van der Waals surface area (Å²) < 4.78 is 26.9. The zero-order valence-electron chi connectivity index (χ0n) is 11.3. The Hall–Kier alpha value is -1.69. The van der Waals surface area contributed by atoms with E-state index in [-0.39, 0.29) is 4.90 Å². The smallest absolute Gasteiger partial charge is 0.240 e. The first-order chi connectivity index (χ1) is 9.62. The molecule has 2 N–H and O–H groups in total. The van der Waals surface area contributed by atoms with Crippen molar-refractivity contribution >= 4 is 10.0 Å². The van der Waals surface area contributed by atoms with Crippen molar-refractivity contribution in [3.05, 3.63) is 65.7 Å². The number of rotatable bonds is 6. The van der Waals surface area contributed by atoms with Crippen molar-refractivity contribution in [2.24, 2.45) is 0 Å².